The minimum absolute atomic E-state index is 0.106. The molecule has 0 amide bonds. The van der Waals surface area contributed by atoms with Gasteiger partial charge in [0.25, 0.3) is 0 Å². The molecule has 0 fully saturated rings. The van der Waals surface area contributed by atoms with Gasteiger partial charge >= 0.3 is 0 Å². The average Bonchev–Trinajstić information content (AvgIpc) is 2.61. The van der Waals surface area contributed by atoms with Crippen LogP contribution < -0.4 is 5.32 Å². The van der Waals surface area contributed by atoms with Crippen molar-refractivity contribution in [2.24, 2.45) is 7.05 Å². The zero-order chi connectivity index (χ0) is 14.0. The van der Waals surface area contributed by atoms with E-state index in [9.17, 15) is 4.39 Å². The quantitative estimate of drug-likeness (QED) is 0.916. The zero-order valence-corrected chi connectivity index (χ0v) is 11.9. The molecule has 2 rings (SSSR count). The molecule has 4 heteroatoms. The number of rotatable bonds is 4. The summed E-state index contributed by atoms with van der Waals surface area (Å²) in [6, 6.07) is 6.81. The molecule has 0 bridgehead atoms. The Bertz CT molecular complexity index is 575. The fraction of sp³-hybridized carbons (Fsp3) is 0.400. The molecule has 102 valence electrons. The van der Waals surface area contributed by atoms with Crippen molar-refractivity contribution >= 4 is 0 Å². The van der Waals surface area contributed by atoms with Crippen LogP contribution in [0.2, 0.25) is 0 Å². The van der Waals surface area contributed by atoms with E-state index >= 15 is 0 Å². The topological polar surface area (TPSA) is 29.9 Å². The van der Waals surface area contributed by atoms with Gasteiger partial charge in [0.15, 0.2) is 0 Å². The molecule has 3 nitrogen and oxygen atoms in total. The highest BCUT2D eigenvalue weighted by Crippen LogP contribution is 2.16. The Hall–Kier alpha value is -1.68. The van der Waals surface area contributed by atoms with Gasteiger partial charge in [-0.1, -0.05) is 12.1 Å². The molecule has 0 unspecified atom stereocenters. The third kappa shape index (κ3) is 3.01. The van der Waals surface area contributed by atoms with E-state index in [0.29, 0.717) is 0 Å². The van der Waals surface area contributed by atoms with Crippen molar-refractivity contribution in [2.45, 2.75) is 33.4 Å². The molecule has 0 spiro atoms. The summed E-state index contributed by atoms with van der Waals surface area (Å²) in [6.45, 7) is 6.85. The first-order chi connectivity index (χ1) is 8.99. The van der Waals surface area contributed by atoms with Crippen LogP contribution in [0.1, 0.15) is 35.5 Å². The molecular formula is C15H20FN3. The van der Waals surface area contributed by atoms with E-state index in [2.05, 4.69) is 17.3 Å². The van der Waals surface area contributed by atoms with Crippen molar-refractivity contribution in [3.8, 4) is 0 Å². The molecule has 1 aromatic carbocycles. The Labute approximate surface area is 113 Å². The van der Waals surface area contributed by atoms with Gasteiger partial charge in [0.2, 0.25) is 0 Å². The summed E-state index contributed by atoms with van der Waals surface area (Å²) in [6.07, 6.45) is 0. The van der Waals surface area contributed by atoms with Crippen LogP contribution in [0, 0.1) is 19.7 Å². The van der Waals surface area contributed by atoms with Gasteiger partial charge in [-0.15, -0.1) is 0 Å². The standard InChI is InChI=1S/C15H20FN3/c1-10(13-6-5-7-14(16)8-13)17-9-15-11(2)18-19(4)12(15)3/h5-8,10,17H,9H2,1-4H3/t10-/m1/s1. The summed E-state index contributed by atoms with van der Waals surface area (Å²) >= 11 is 0. The van der Waals surface area contributed by atoms with Crippen LogP contribution in [-0.2, 0) is 13.6 Å². The summed E-state index contributed by atoms with van der Waals surface area (Å²) in [5.74, 6) is -0.195. The second-order valence-electron chi connectivity index (χ2n) is 4.93. The molecule has 1 atom stereocenters. The van der Waals surface area contributed by atoms with Crippen LogP contribution in [0.25, 0.3) is 0 Å². The second kappa shape index (κ2) is 5.53. The van der Waals surface area contributed by atoms with Crippen molar-refractivity contribution in [1.29, 1.82) is 0 Å². The Morgan fingerprint density at radius 3 is 2.68 bits per heavy atom. The molecule has 1 aromatic heterocycles. The van der Waals surface area contributed by atoms with Gasteiger partial charge in [0, 0.05) is 30.9 Å². The van der Waals surface area contributed by atoms with E-state index in [1.54, 1.807) is 12.1 Å². The van der Waals surface area contributed by atoms with Gasteiger partial charge in [-0.05, 0) is 38.5 Å². The highest BCUT2D eigenvalue weighted by atomic mass is 19.1. The minimum Gasteiger partial charge on any atom is -0.306 e. The first-order valence-electron chi connectivity index (χ1n) is 6.47. The van der Waals surface area contributed by atoms with Crippen molar-refractivity contribution in [3.05, 3.63) is 52.6 Å². The van der Waals surface area contributed by atoms with Gasteiger partial charge in [-0.2, -0.15) is 5.10 Å². The average molecular weight is 261 g/mol. The Morgan fingerprint density at radius 2 is 2.11 bits per heavy atom. The number of aromatic nitrogens is 2. The predicted molar refractivity (Wildman–Crippen MR) is 74.3 cm³/mol. The molecule has 0 radical (unpaired) electrons. The first-order valence-corrected chi connectivity index (χ1v) is 6.47. The largest absolute Gasteiger partial charge is 0.306 e. The van der Waals surface area contributed by atoms with Crippen molar-refractivity contribution in [1.82, 2.24) is 15.1 Å². The SMILES string of the molecule is Cc1nn(C)c(C)c1CN[C@H](C)c1cccc(F)c1. The molecule has 0 aliphatic rings. The smallest absolute Gasteiger partial charge is 0.123 e. The molecule has 0 aliphatic carbocycles. The van der Waals surface area contributed by atoms with Gasteiger partial charge in [-0.25, -0.2) is 4.39 Å². The number of hydrogen-bond acceptors (Lipinski definition) is 2. The number of benzene rings is 1. The molecule has 1 N–H and O–H groups in total. The Balaban J connectivity index is 2.06. The molecule has 0 aliphatic heterocycles. The summed E-state index contributed by atoms with van der Waals surface area (Å²) < 4.78 is 15.1. The van der Waals surface area contributed by atoms with Crippen molar-refractivity contribution in [3.63, 3.8) is 0 Å². The highest BCUT2D eigenvalue weighted by molar-refractivity contribution is 5.25. The van der Waals surface area contributed by atoms with Crippen LogP contribution >= 0.6 is 0 Å². The van der Waals surface area contributed by atoms with E-state index in [1.165, 1.54) is 11.6 Å². The normalized spacial score (nSPS) is 12.7. The van der Waals surface area contributed by atoms with Crippen LogP contribution in [0.5, 0.6) is 0 Å². The zero-order valence-electron chi connectivity index (χ0n) is 11.9. The van der Waals surface area contributed by atoms with Gasteiger partial charge in [-0.3, -0.25) is 4.68 Å². The van der Waals surface area contributed by atoms with Gasteiger partial charge in [0.05, 0.1) is 5.69 Å². The molecule has 0 saturated heterocycles. The predicted octanol–water partition coefficient (Wildman–Crippen LogP) is 3.03. The first kappa shape index (κ1) is 13.7. The fourth-order valence-corrected chi connectivity index (χ4v) is 2.22. The van der Waals surface area contributed by atoms with Crippen LogP contribution in [0.3, 0.4) is 0 Å². The monoisotopic (exact) mass is 261 g/mol. The van der Waals surface area contributed by atoms with Crippen LogP contribution in [0.4, 0.5) is 4.39 Å². The minimum atomic E-state index is -0.195. The highest BCUT2D eigenvalue weighted by Gasteiger charge is 2.11. The summed E-state index contributed by atoms with van der Waals surface area (Å²) in [7, 11) is 1.95. The van der Waals surface area contributed by atoms with E-state index in [1.807, 2.05) is 31.6 Å². The van der Waals surface area contributed by atoms with Crippen LogP contribution in [-0.4, -0.2) is 9.78 Å². The summed E-state index contributed by atoms with van der Waals surface area (Å²) in [4.78, 5) is 0. The molecule has 2 aromatic rings. The van der Waals surface area contributed by atoms with Crippen molar-refractivity contribution < 1.29 is 4.39 Å². The maximum atomic E-state index is 13.2. The lowest BCUT2D eigenvalue weighted by molar-refractivity contribution is 0.562. The number of aryl methyl sites for hydroxylation is 2. The molecule has 19 heavy (non-hydrogen) atoms. The molecule has 0 saturated carbocycles. The Kier molecular flexibility index (Phi) is 4.00. The fourth-order valence-electron chi connectivity index (χ4n) is 2.22. The lowest BCUT2D eigenvalue weighted by Gasteiger charge is -2.14. The number of nitrogens with one attached hydrogen (secondary N) is 1. The number of nitrogens with zero attached hydrogens (tertiary/aromatic N) is 2. The molecule has 1 heterocycles. The Morgan fingerprint density at radius 1 is 1.37 bits per heavy atom. The van der Waals surface area contributed by atoms with Crippen LogP contribution in [0.15, 0.2) is 24.3 Å². The van der Waals surface area contributed by atoms with E-state index in [4.69, 9.17) is 0 Å². The number of hydrogen-bond donors (Lipinski definition) is 1. The van der Waals surface area contributed by atoms with E-state index in [0.717, 1.165) is 23.5 Å². The summed E-state index contributed by atoms with van der Waals surface area (Å²) in [5, 5.41) is 7.81. The van der Waals surface area contributed by atoms with E-state index < -0.39 is 0 Å². The maximum absolute atomic E-state index is 13.2. The van der Waals surface area contributed by atoms with E-state index in [-0.39, 0.29) is 11.9 Å². The maximum Gasteiger partial charge on any atom is 0.123 e. The summed E-state index contributed by atoms with van der Waals surface area (Å²) in [5.41, 5.74) is 4.38. The number of halogens is 1. The molecular weight excluding hydrogens is 241 g/mol. The second-order valence-corrected chi connectivity index (χ2v) is 4.93. The van der Waals surface area contributed by atoms with Crippen molar-refractivity contribution in [2.75, 3.05) is 0 Å². The third-order valence-corrected chi connectivity index (χ3v) is 3.59. The third-order valence-electron chi connectivity index (χ3n) is 3.59. The van der Waals surface area contributed by atoms with Gasteiger partial charge < -0.3 is 5.32 Å². The lowest BCUT2D eigenvalue weighted by atomic mass is 10.1. The lowest BCUT2D eigenvalue weighted by Crippen LogP contribution is -2.19. The van der Waals surface area contributed by atoms with Gasteiger partial charge in [0.1, 0.15) is 5.82 Å².